The van der Waals surface area contributed by atoms with Gasteiger partial charge in [-0.05, 0) is 6.08 Å². The second-order valence-corrected chi connectivity index (χ2v) is 3.02. The molecule has 0 fully saturated rings. The molecule has 0 bridgehead atoms. The van der Waals surface area contributed by atoms with E-state index >= 15 is 0 Å². The van der Waals surface area contributed by atoms with Crippen LogP contribution in [-0.4, -0.2) is 16.9 Å². The molecule has 0 unspecified atom stereocenters. The Bertz CT molecular complexity index is 273. The lowest BCUT2D eigenvalue weighted by molar-refractivity contribution is -0.188. The molecule has 0 spiro atoms. The average Bonchev–Trinajstić information content (AvgIpc) is 2.35. The number of amides is 1. The maximum Gasteiger partial charge on any atom is 0.335 e. The Morgan fingerprint density at radius 2 is 2.15 bits per heavy atom. The summed E-state index contributed by atoms with van der Waals surface area (Å²) >= 11 is 0. The molecule has 13 heavy (non-hydrogen) atoms. The molecule has 0 N–H and O–H groups in total. The van der Waals surface area contributed by atoms with Gasteiger partial charge in [0.2, 0.25) is 0 Å². The Morgan fingerprint density at radius 1 is 1.54 bits per heavy atom. The summed E-state index contributed by atoms with van der Waals surface area (Å²) in [4.78, 5) is 26.9. The van der Waals surface area contributed by atoms with Gasteiger partial charge in [0.1, 0.15) is 0 Å². The third-order valence-corrected chi connectivity index (χ3v) is 1.53. The molecule has 1 heterocycles. The van der Waals surface area contributed by atoms with E-state index in [2.05, 4.69) is 6.58 Å². The van der Waals surface area contributed by atoms with E-state index in [9.17, 15) is 9.59 Å². The summed E-state index contributed by atoms with van der Waals surface area (Å²) in [7, 11) is 0. The number of nitrogens with zero attached hydrogens (tertiary/aromatic N) is 1. The van der Waals surface area contributed by atoms with Gasteiger partial charge in [-0.2, -0.15) is 0 Å². The van der Waals surface area contributed by atoms with E-state index in [4.69, 9.17) is 4.84 Å². The van der Waals surface area contributed by atoms with Crippen LogP contribution in [0.1, 0.15) is 13.8 Å². The van der Waals surface area contributed by atoms with E-state index in [1.54, 1.807) is 13.8 Å². The van der Waals surface area contributed by atoms with Crippen molar-refractivity contribution >= 4 is 11.9 Å². The first-order chi connectivity index (χ1) is 6.02. The molecule has 0 atom stereocenters. The SMILES string of the molecule is C=C1C=CC(=O)N1OC(=O)C(C)C. The van der Waals surface area contributed by atoms with Crippen LogP contribution >= 0.6 is 0 Å². The van der Waals surface area contributed by atoms with Crippen molar-refractivity contribution in [3.63, 3.8) is 0 Å². The number of allylic oxidation sites excluding steroid dienone is 1. The Kier molecular flexibility index (Phi) is 2.51. The lowest BCUT2D eigenvalue weighted by Crippen LogP contribution is -2.29. The van der Waals surface area contributed by atoms with Gasteiger partial charge in [-0.1, -0.05) is 20.4 Å². The maximum atomic E-state index is 11.1. The summed E-state index contributed by atoms with van der Waals surface area (Å²) in [5.74, 6) is -1.08. The van der Waals surface area contributed by atoms with E-state index in [0.29, 0.717) is 5.70 Å². The number of hydroxylamine groups is 2. The highest BCUT2D eigenvalue weighted by Gasteiger charge is 2.24. The van der Waals surface area contributed by atoms with Crippen molar-refractivity contribution in [3.05, 3.63) is 24.4 Å². The van der Waals surface area contributed by atoms with Crippen LogP contribution in [0.5, 0.6) is 0 Å². The molecule has 0 radical (unpaired) electrons. The van der Waals surface area contributed by atoms with Gasteiger partial charge in [-0.3, -0.25) is 4.79 Å². The molecule has 1 aliphatic heterocycles. The van der Waals surface area contributed by atoms with Gasteiger partial charge in [0, 0.05) is 6.08 Å². The van der Waals surface area contributed by atoms with Gasteiger partial charge in [0.15, 0.2) is 0 Å². The van der Waals surface area contributed by atoms with Crippen molar-refractivity contribution in [1.82, 2.24) is 5.06 Å². The van der Waals surface area contributed by atoms with E-state index in [1.807, 2.05) is 0 Å². The van der Waals surface area contributed by atoms with Crippen LogP contribution in [0.25, 0.3) is 0 Å². The minimum absolute atomic E-state index is 0.263. The highest BCUT2D eigenvalue weighted by molar-refractivity contribution is 5.93. The first-order valence-corrected chi connectivity index (χ1v) is 3.95. The Labute approximate surface area is 76.4 Å². The first kappa shape index (κ1) is 9.51. The fraction of sp³-hybridized carbons (Fsp3) is 0.333. The standard InChI is InChI=1S/C9H11NO3/c1-6(2)9(12)13-10-7(3)4-5-8(10)11/h4-6H,3H2,1-2H3. The maximum absolute atomic E-state index is 11.1. The van der Waals surface area contributed by atoms with E-state index in [-0.39, 0.29) is 11.8 Å². The van der Waals surface area contributed by atoms with Gasteiger partial charge in [-0.25, -0.2) is 4.79 Å². The molecular weight excluding hydrogens is 170 g/mol. The lowest BCUT2D eigenvalue weighted by Gasteiger charge is -2.16. The molecule has 0 aliphatic carbocycles. The van der Waals surface area contributed by atoms with E-state index < -0.39 is 5.97 Å². The van der Waals surface area contributed by atoms with Gasteiger partial charge in [0.25, 0.3) is 5.91 Å². The Hall–Kier alpha value is -1.58. The number of hydrogen-bond acceptors (Lipinski definition) is 3. The van der Waals surface area contributed by atoms with Crippen LogP contribution in [0, 0.1) is 5.92 Å². The van der Waals surface area contributed by atoms with Crippen molar-refractivity contribution in [2.45, 2.75) is 13.8 Å². The average molecular weight is 181 g/mol. The van der Waals surface area contributed by atoms with Gasteiger partial charge in [0.05, 0.1) is 11.6 Å². The Balaban J connectivity index is 2.60. The quantitative estimate of drug-likeness (QED) is 0.638. The molecule has 0 aromatic heterocycles. The highest BCUT2D eigenvalue weighted by atomic mass is 16.7. The largest absolute Gasteiger partial charge is 0.335 e. The van der Waals surface area contributed by atoms with Crippen molar-refractivity contribution in [1.29, 1.82) is 0 Å². The highest BCUT2D eigenvalue weighted by Crippen LogP contribution is 2.14. The van der Waals surface area contributed by atoms with Gasteiger partial charge >= 0.3 is 5.97 Å². The Morgan fingerprint density at radius 3 is 2.54 bits per heavy atom. The predicted molar refractivity (Wildman–Crippen MR) is 46.1 cm³/mol. The van der Waals surface area contributed by atoms with Crippen molar-refractivity contribution in [2.24, 2.45) is 5.92 Å². The molecule has 0 aromatic rings. The van der Waals surface area contributed by atoms with Crippen LogP contribution in [0.15, 0.2) is 24.4 Å². The van der Waals surface area contributed by atoms with E-state index in [1.165, 1.54) is 12.2 Å². The fourth-order valence-corrected chi connectivity index (χ4v) is 0.743. The summed E-state index contributed by atoms with van der Waals surface area (Å²) in [6, 6.07) is 0. The molecular formula is C9H11NO3. The minimum Gasteiger partial charge on any atom is -0.333 e. The molecule has 1 aliphatic rings. The molecule has 0 saturated carbocycles. The smallest absolute Gasteiger partial charge is 0.333 e. The summed E-state index contributed by atoms with van der Waals surface area (Å²) in [6.07, 6.45) is 2.80. The zero-order valence-corrected chi connectivity index (χ0v) is 7.61. The molecule has 70 valence electrons. The fourth-order valence-electron chi connectivity index (χ4n) is 0.743. The number of rotatable bonds is 2. The normalized spacial score (nSPS) is 15.8. The lowest BCUT2D eigenvalue weighted by atomic mass is 10.2. The van der Waals surface area contributed by atoms with Gasteiger partial charge < -0.3 is 4.84 Å². The molecule has 4 nitrogen and oxygen atoms in total. The van der Waals surface area contributed by atoms with Crippen molar-refractivity contribution in [2.75, 3.05) is 0 Å². The molecule has 0 saturated heterocycles. The van der Waals surface area contributed by atoms with Crippen molar-refractivity contribution in [3.8, 4) is 0 Å². The van der Waals surface area contributed by atoms with E-state index in [0.717, 1.165) is 5.06 Å². The summed E-state index contributed by atoms with van der Waals surface area (Å²) < 4.78 is 0. The zero-order valence-electron chi connectivity index (χ0n) is 7.61. The molecule has 1 amide bonds. The number of hydrogen-bond donors (Lipinski definition) is 0. The van der Waals surface area contributed by atoms with Crippen LogP contribution in [0.2, 0.25) is 0 Å². The molecule has 0 aromatic carbocycles. The third-order valence-electron chi connectivity index (χ3n) is 1.53. The molecule has 4 heteroatoms. The van der Waals surface area contributed by atoms with Crippen LogP contribution in [-0.2, 0) is 14.4 Å². The second-order valence-electron chi connectivity index (χ2n) is 3.02. The van der Waals surface area contributed by atoms with Crippen LogP contribution in [0.3, 0.4) is 0 Å². The first-order valence-electron chi connectivity index (χ1n) is 3.95. The number of carbonyl (C=O) groups is 2. The van der Waals surface area contributed by atoms with Crippen LogP contribution in [0.4, 0.5) is 0 Å². The minimum atomic E-state index is -0.446. The zero-order chi connectivity index (χ0) is 10.0. The van der Waals surface area contributed by atoms with Crippen LogP contribution < -0.4 is 0 Å². The monoisotopic (exact) mass is 181 g/mol. The van der Waals surface area contributed by atoms with Gasteiger partial charge in [-0.15, -0.1) is 5.06 Å². The second kappa shape index (κ2) is 3.43. The summed E-state index contributed by atoms with van der Waals surface area (Å²) in [6.45, 7) is 6.93. The summed E-state index contributed by atoms with van der Waals surface area (Å²) in [5, 5.41) is 0.891. The summed E-state index contributed by atoms with van der Waals surface area (Å²) in [5.41, 5.74) is 0.374. The van der Waals surface area contributed by atoms with Crippen molar-refractivity contribution < 1.29 is 14.4 Å². The number of carbonyl (C=O) groups excluding carboxylic acids is 2. The third kappa shape index (κ3) is 1.96. The molecule has 1 rings (SSSR count). The predicted octanol–water partition coefficient (Wildman–Crippen LogP) is 1.01. The topological polar surface area (TPSA) is 46.6 Å².